The number of halogens is 8. The van der Waals surface area contributed by atoms with Crippen LogP contribution < -0.4 is 5.32 Å². The van der Waals surface area contributed by atoms with Gasteiger partial charge in [-0.05, 0) is 53.4 Å². The van der Waals surface area contributed by atoms with Crippen molar-refractivity contribution >= 4 is 44.7 Å². The van der Waals surface area contributed by atoms with E-state index in [2.05, 4.69) is 25.6 Å². The van der Waals surface area contributed by atoms with Gasteiger partial charge in [0.05, 0.1) is 22.0 Å². The summed E-state index contributed by atoms with van der Waals surface area (Å²) in [5.41, 5.74) is -3.63. The normalized spacial score (nSPS) is 12.1. The van der Waals surface area contributed by atoms with Gasteiger partial charge in [-0.3, -0.25) is 4.79 Å². The average molecular weight is 663 g/mol. The minimum Gasteiger partial charge on any atom is -0.320 e. The van der Waals surface area contributed by atoms with Crippen molar-refractivity contribution in [1.29, 1.82) is 0 Å². The molecule has 0 spiro atoms. The Balaban J connectivity index is 1.34. The summed E-state index contributed by atoms with van der Waals surface area (Å²) in [6.45, 7) is 0. The van der Waals surface area contributed by atoms with Crippen LogP contribution in [-0.4, -0.2) is 30.9 Å². The van der Waals surface area contributed by atoms with Crippen LogP contribution in [0.25, 0.3) is 38.3 Å². The fourth-order valence-electron chi connectivity index (χ4n) is 4.64. The van der Waals surface area contributed by atoms with Crippen molar-refractivity contribution < 1.29 is 35.5 Å². The van der Waals surface area contributed by atoms with E-state index in [-0.39, 0.29) is 15.9 Å². The van der Waals surface area contributed by atoms with Gasteiger partial charge in [0.1, 0.15) is 17.0 Å². The minimum absolute atomic E-state index is 0.00465. The number of carbonyl (C=O) groups is 1. The van der Waals surface area contributed by atoms with Crippen LogP contribution in [-0.2, 0) is 12.4 Å². The van der Waals surface area contributed by atoms with E-state index in [4.69, 9.17) is 11.6 Å². The van der Waals surface area contributed by atoms with Crippen LogP contribution in [0.15, 0.2) is 78.4 Å². The quantitative estimate of drug-likeness (QED) is 0.187. The van der Waals surface area contributed by atoms with Gasteiger partial charge in [0.25, 0.3) is 5.91 Å². The second-order valence-electron chi connectivity index (χ2n) is 9.42. The number of thiophene rings is 1. The Bertz CT molecular complexity index is 2090. The summed E-state index contributed by atoms with van der Waals surface area (Å²) in [4.78, 5) is 22.3. The summed E-state index contributed by atoms with van der Waals surface area (Å²) < 4.78 is 97.7. The molecule has 0 atom stereocenters. The number of hydrogen-bond acceptors (Lipinski definition) is 6. The monoisotopic (exact) mass is 662 g/mol. The Morgan fingerprint density at radius 3 is 2.33 bits per heavy atom. The number of fused-ring (bicyclic) bond motifs is 1. The molecular weight excluding hydrogens is 649 g/mol. The molecule has 7 nitrogen and oxygen atoms in total. The molecule has 16 heteroatoms. The summed E-state index contributed by atoms with van der Waals surface area (Å²) in [5.74, 6) is -2.25. The number of hydrogen-bond donors (Lipinski definition) is 1. The summed E-state index contributed by atoms with van der Waals surface area (Å²) in [7, 11) is 0. The lowest BCUT2D eigenvalue weighted by Gasteiger charge is -2.14. The predicted octanol–water partition coefficient (Wildman–Crippen LogP) is 8.69. The second kappa shape index (κ2) is 11.2. The molecule has 1 amide bonds. The van der Waals surface area contributed by atoms with E-state index >= 15 is 4.39 Å². The molecule has 0 bridgehead atoms. The number of alkyl halides is 6. The van der Waals surface area contributed by atoms with Crippen molar-refractivity contribution in [1.82, 2.24) is 25.0 Å². The van der Waals surface area contributed by atoms with E-state index in [0.29, 0.717) is 29.0 Å². The van der Waals surface area contributed by atoms with Crippen molar-refractivity contribution in [3.63, 3.8) is 0 Å². The van der Waals surface area contributed by atoms with Crippen LogP contribution in [0.3, 0.4) is 0 Å². The van der Waals surface area contributed by atoms with Crippen molar-refractivity contribution in [2.45, 2.75) is 12.4 Å². The Labute approximate surface area is 256 Å². The van der Waals surface area contributed by atoms with E-state index in [0.717, 1.165) is 22.3 Å². The lowest BCUT2D eigenvalue weighted by molar-refractivity contribution is -0.143. The zero-order valence-corrected chi connectivity index (χ0v) is 23.7. The molecule has 1 N–H and O–H groups in total. The van der Waals surface area contributed by atoms with E-state index in [1.165, 1.54) is 29.8 Å². The highest BCUT2D eigenvalue weighted by Gasteiger charge is 2.43. The largest absolute Gasteiger partial charge is 0.435 e. The third kappa shape index (κ3) is 5.71. The maximum Gasteiger partial charge on any atom is 0.435 e. The number of aromatic nitrogens is 5. The first-order chi connectivity index (χ1) is 21.3. The van der Waals surface area contributed by atoms with Gasteiger partial charge in [0, 0.05) is 22.2 Å². The number of rotatable bonds is 5. The minimum atomic E-state index is -5.30. The number of anilines is 1. The third-order valence-electron chi connectivity index (χ3n) is 6.62. The van der Waals surface area contributed by atoms with E-state index in [9.17, 15) is 31.1 Å². The Morgan fingerprint density at radius 2 is 1.62 bits per heavy atom. The molecule has 0 fully saturated rings. The molecule has 45 heavy (non-hydrogen) atoms. The fourth-order valence-corrected chi connectivity index (χ4v) is 5.57. The molecule has 0 aliphatic heterocycles. The number of nitrogens with one attached hydrogen (secondary N) is 1. The third-order valence-corrected chi connectivity index (χ3v) is 7.76. The van der Waals surface area contributed by atoms with Crippen molar-refractivity contribution in [3.8, 4) is 28.1 Å². The van der Waals surface area contributed by atoms with Gasteiger partial charge < -0.3 is 5.32 Å². The zero-order valence-electron chi connectivity index (χ0n) is 22.1. The first-order valence-electron chi connectivity index (χ1n) is 12.6. The lowest BCUT2D eigenvalue weighted by atomic mass is 9.96. The molecule has 3 aromatic carbocycles. The highest BCUT2D eigenvalue weighted by molar-refractivity contribution is 7.16. The van der Waals surface area contributed by atoms with Gasteiger partial charge in [-0.2, -0.15) is 26.3 Å². The van der Waals surface area contributed by atoms with E-state index in [1.807, 2.05) is 11.4 Å². The van der Waals surface area contributed by atoms with Crippen LogP contribution >= 0.6 is 22.9 Å². The molecule has 0 unspecified atom stereocenters. The van der Waals surface area contributed by atoms with E-state index in [1.54, 1.807) is 24.3 Å². The smallest absolute Gasteiger partial charge is 0.320 e. The SMILES string of the molecule is O=C(Nc1ccc(-c2ccccc2-c2ncnc3sccc23)c(F)c1)c1nnn(-c2cc(C(F)(F)F)ccc2Cl)c1C(F)(F)F. The maximum atomic E-state index is 15.5. The van der Waals surface area contributed by atoms with Gasteiger partial charge in [-0.25, -0.2) is 19.0 Å². The molecule has 3 aromatic heterocycles. The summed E-state index contributed by atoms with van der Waals surface area (Å²) in [6, 6.07) is 13.9. The van der Waals surface area contributed by atoms with Gasteiger partial charge >= 0.3 is 12.4 Å². The summed E-state index contributed by atoms with van der Waals surface area (Å²) >= 11 is 7.32. The van der Waals surface area contributed by atoms with Crippen LogP contribution in [0.1, 0.15) is 21.7 Å². The standard InChI is InChI=1S/C29H14ClF7N6OS/c30-20-8-5-14(28(32,33)34)11-22(20)43-25(29(35,36)37)24(41-42-43)26(44)40-15-6-7-17(21(31)12-15)16-3-1-2-4-18(16)23-19-9-10-45-27(19)39-13-38-23/h1-13H,(H,40,44). The first-order valence-corrected chi connectivity index (χ1v) is 13.9. The lowest BCUT2D eigenvalue weighted by Crippen LogP contribution is -2.21. The van der Waals surface area contributed by atoms with Gasteiger partial charge in [0.2, 0.25) is 0 Å². The average Bonchev–Trinajstić information content (AvgIpc) is 3.65. The number of nitrogens with zero attached hydrogens (tertiary/aromatic N) is 5. The highest BCUT2D eigenvalue weighted by Crippen LogP contribution is 2.39. The Morgan fingerprint density at radius 1 is 0.867 bits per heavy atom. The predicted molar refractivity (Wildman–Crippen MR) is 153 cm³/mol. The van der Waals surface area contributed by atoms with Crippen LogP contribution in [0.5, 0.6) is 0 Å². The molecular formula is C29H14ClF7N6OS. The maximum absolute atomic E-state index is 15.5. The van der Waals surface area contributed by atoms with E-state index < -0.39 is 51.7 Å². The zero-order chi connectivity index (χ0) is 32.1. The second-order valence-corrected chi connectivity index (χ2v) is 10.7. The molecule has 6 rings (SSSR count). The van der Waals surface area contributed by atoms with Crippen molar-refractivity contribution in [2.75, 3.05) is 5.32 Å². The van der Waals surface area contributed by atoms with Gasteiger partial charge in [0.15, 0.2) is 11.4 Å². The number of carbonyl (C=O) groups excluding carboxylic acids is 1. The number of benzene rings is 3. The molecule has 0 aliphatic carbocycles. The molecule has 228 valence electrons. The fraction of sp³-hybridized carbons (Fsp3) is 0.0690. The molecule has 6 aromatic rings. The summed E-state index contributed by atoms with van der Waals surface area (Å²) in [6.07, 6.45) is -8.81. The molecule has 3 heterocycles. The van der Waals surface area contributed by atoms with Crippen molar-refractivity contribution in [3.05, 3.63) is 106 Å². The van der Waals surface area contributed by atoms with Gasteiger partial charge in [-0.15, -0.1) is 16.4 Å². The molecule has 0 saturated carbocycles. The Hall–Kier alpha value is -4.89. The van der Waals surface area contributed by atoms with Crippen LogP contribution in [0.2, 0.25) is 5.02 Å². The molecule has 0 aliphatic rings. The Kier molecular flexibility index (Phi) is 7.53. The van der Waals surface area contributed by atoms with Crippen LogP contribution in [0, 0.1) is 5.82 Å². The first kappa shape index (κ1) is 30.1. The van der Waals surface area contributed by atoms with Gasteiger partial charge in [-0.1, -0.05) is 41.1 Å². The highest BCUT2D eigenvalue weighted by atomic mass is 35.5. The van der Waals surface area contributed by atoms with Crippen LogP contribution in [0.4, 0.5) is 36.4 Å². The summed E-state index contributed by atoms with van der Waals surface area (Å²) in [5, 5.41) is 10.8. The van der Waals surface area contributed by atoms with Crippen molar-refractivity contribution in [2.24, 2.45) is 0 Å². The molecule has 0 radical (unpaired) electrons. The topological polar surface area (TPSA) is 85.6 Å². The number of amides is 1. The molecule has 0 saturated heterocycles.